The minimum atomic E-state index is -0.467. The van der Waals surface area contributed by atoms with Crippen LogP contribution in [0.25, 0.3) is 16.6 Å². The lowest BCUT2D eigenvalue weighted by Crippen LogP contribution is -2.25. The van der Waals surface area contributed by atoms with E-state index in [2.05, 4.69) is 20.6 Å². The molecule has 0 unspecified atom stereocenters. The van der Waals surface area contributed by atoms with Crippen molar-refractivity contribution in [2.45, 2.75) is 6.54 Å². The molecule has 2 N–H and O–H groups in total. The Morgan fingerprint density at radius 1 is 1.16 bits per heavy atom. The lowest BCUT2D eigenvalue weighted by molar-refractivity contribution is 0.0947. The number of hydrogen-bond donors (Lipinski definition) is 2. The first kappa shape index (κ1) is 15.3. The number of aromatic amines is 1. The molecule has 0 aliphatic rings. The smallest absolute Gasteiger partial charge is 0.277 e. The van der Waals surface area contributed by atoms with Gasteiger partial charge in [0.05, 0.1) is 11.0 Å². The lowest BCUT2D eigenvalue weighted by atomic mass is 10.2. The van der Waals surface area contributed by atoms with E-state index in [0.29, 0.717) is 22.6 Å². The molecule has 0 saturated heterocycles. The number of fused-ring (bicyclic) bond motifs is 3. The van der Waals surface area contributed by atoms with E-state index in [1.54, 1.807) is 30.3 Å². The molecule has 1 amide bonds. The summed E-state index contributed by atoms with van der Waals surface area (Å²) < 4.78 is 1.38. The molecular formula is C17H12ClN5O2. The van der Waals surface area contributed by atoms with Crippen LogP contribution in [0.4, 0.5) is 0 Å². The van der Waals surface area contributed by atoms with Gasteiger partial charge in [-0.3, -0.25) is 9.59 Å². The molecule has 4 rings (SSSR count). The number of halogens is 1. The number of nitrogens with one attached hydrogen (secondary N) is 2. The Labute approximate surface area is 146 Å². The van der Waals surface area contributed by atoms with E-state index in [1.807, 2.05) is 18.2 Å². The van der Waals surface area contributed by atoms with Crippen molar-refractivity contribution in [3.05, 3.63) is 75.2 Å². The van der Waals surface area contributed by atoms with Gasteiger partial charge in [0, 0.05) is 11.6 Å². The third-order valence-corrected chi connectivity index (χ3v) is 4.10. The molecule has 4 aromatic rings. The maximum atomic E-state index is 12.4. The summed E-state index contributed by atoms with van der Waals surface area (Å²) in [4.78, 5) is 27.5. The van der Waals surface area contributed by atoms with Gasteiger partial charge in [-0.15, -0.1) is 5.10 Å². The van der Waals surface area contributed by atoms with Crippen molar-refractivity contribution >= 4 is 34.1 Å². The number of carbonyl (C=O) groups excluding carboxylic acids is 1. The normalized spacial score (nSPS) is 11.1. The summed E-state index contributed by atoms with van der Waals surface area (Å²) >= 11 is 5.84. The molecule has 8 heteroatoms. The van der Waals surface area contributed by atoms with Gasteiger partial charge in [0.25, 0.3) is 11.5 Å². The number of benzene rings is 2. The fourth-order valence-electron chi connectivity index (χ4n) is 2.62. The van der Waals surface area contributed by atoms with Gasteiger partial charge in [-0.2, -0.15) is 0 Å². The molecule has 0 spiro atoms. The van der Waals surface area contributed by atoms with Gasteiger partial charge in [-0.05, 0) is 29.8 Å². The third-order valence-electron chi connectivity index (χ3n) is 3.85. The summed E-state index contributed by atoms with van der Waals surface area (Å²) in [5, 5.41) is 11.2. The number of H-pyrrole nitrogens is 1. The molecule has 0 saturated carbocycles. The first-order valence-corrected chi connectivity index (χ1v) is 7.90. The van der Waals surface area contributed by atoms with E-state index < -0.39 is 11.5 Å². The van der Waals surface area contributed by atoms with Gasteiger partial charge >= 0.3 is 0 Å². The van der Waals surface area contributed by atoms with Crippen LogP contribution >= 0.6 is 11.6 Å². The lowest BCUT2D eigenvalue weighted by Gasteiger charge is -2.04. The van der Waals surface area contributed by atoms with Crippen LogP contribution < -0.4 is 10.9 Å². The molecule has 7 nitrogen and oxygen atoms in total. The van der Waals surface area contributed by atoms with Crippen LogP contribution in [-0.4, -0.2) is 25.7 Å². The summed E-state index contributed by atoms with van der Waals surface area (Å²) in [5.74, 6) is -0.467. The van der Waals surface area contributed by atoms with Crippen molar-refractivity contribution in [1.82, 2.24) is 25.1 Å². The fraction of sp³-hybridized carbons (Fsp3) is 0.0588. The zero-order valence-corrected chi connectivity index (χ0v) is 13.6. The van der Waals surface area contributed by atoms with Gasteiger partial charge in [-0.1, -0.05) is 41.1 Å². The second kappa shape index (κ2) is 6.03. The van der Waals surface area contributed by atoms with Crippen LogP contribution in [-0.2, 0) is 6.54 Å². The average Bonchev–Trinajstić information content (AvgIpc) is 3.07. The number of rotatable bonds is 3. The number of carbonyl (C=O) groups is 1. The molecule has 0 bridgehead atoms. The van der Waals surface area contributed by atoms with Crippen LogP contribution in [0.1, 0.15) is 16.1 Å². The van der Waals surface area contributed by atoms with Crippen molar-refractivity contribution < 1.29 is 4.79 Å². The van der Waals surface area contributed by atoms with Crippen LogP contribution in [0.15, 0.2) is 53.3 Å². The van der Waals surface area contributed by atoms with Gasteiger partial charge in [0.2, 0.25) is 0 Å². The van der Waals surface area contributed by atoms with Crippen LogP contribution in [0.2, 0.25) is 5.02 Å². The quantitative estimate of drug-likeness (QED) is 0.590. The van der Waals surface area contributed by atoms with Crippen molar-refractivity contribution in [3.63, 3.8) is 0 Å². The number of amides is 1. The second-order valence-corrected chi connectivity index (χ2v) is 5.92. The fourth-order valence-corrected chi connectivity index (χ4v) is 2.75. The maximum absolute atomic E-state index is 12.4. The van der Waals surface area contributed by atoms with Gasteiger partial charge in [0.1, 0.15) is 0 Å². The maximum Gasteiger partial charge on any atom is 0.277 e. The number of nitrogens with zero attached hydrogens (tertiary/aromatic N) is 3. The highest BCUT2D eigenvalue weighted by atomic mass is 35.5. The average molecular weight is 354 g/mol. The third kappa shape index (κ3) is 2.74. The molecule has 0 aliphatic heterocycles. The van der Waals surface area contributed by atoms with E-state index in [1.165, 1.54) is 4.52 Å². The van der Waals surface area contributed by atoms with Crippen LogP contribution in [0, 0.1) is 0 Å². The number of para-hydroxylation sites is 2. The van der Waals surface area contributed by atoms with E-state index in [0.717, 1.165) is 5.56 Å². The van der Waals surface area contributed by atoms with Crippen molar-refractivity contribution in [1.29, 1.82) is 0 Å². The van der Waals surface area contributed by atoms with E-state index in [4.69, 9.17) is 11.6 Å². The molecule has 0 atom stereocenters. The first-order valence-electron chi connectivity index (χ1n) is 7.52. The SMILES string of the molecule is O=C(NCc1ccc(Cl)cc1)c1nnn2c1c(=O)[nH]c1ccccc12. The molecule has 25 heavy (non-hydrogen) atoms. The zero-order chi connectivity index (χ0) is 17.4. The van der Waals surface area contributed by atoms with Gasteiger partial charge < -0.3 is 10.3 Å². The Bertz CT molecular complexity index is 1150. The molecule has 2 heterocycles. The largest absolute Gasteiger partial charge is 0.346 e. The predicted octanol–water partition coefficient (Wildman–Crippen LogP) is 2.15. The molecule has 0 radical (unpaired) electrons. The standard InChI is InChI=1S/C17H12ClN5O2/c18-11-7-5-10(6-8-11)9-19-16(24)14-15-17(25)20-12-3-1-2-4-13(12)23(15)22-21-14/h1-8H,9H2,(H,19,24)(H,20,25). The van der Waals surface area contributed by atoms with Crippen molar-refractivity contribution in [2.24, 2.45) is 0 Å². The topological polar surface area (TPSA) is 92.2 Å². The van der Waals surface area contributed by atoms with Crippen LogP contribution in [0.5, 0.6) is 0 Å². The minimum Gasteiger partial charge on any atom is -0.346 e. The highest BCUT2D eigenvalue weighted by Gasteiger charge is 2.19. The zero-order valence-electron chi connectivity index (χ0n) is 12.9. The molecule has 0 fully saturated rings. The highest BCUT2D eigenvalue weighted by molar-refractivity contribution is 6.30. The molecular weight excluding hydrogens is 342 g/mol. The van der Waals surface area contributed by atoms with Crippen molar-refractivity contribution in [3.8, 4) is 0 Å². The number of aromatic nitrogens is 4. The van der Waals surface area contributed by atoms with Gasteiger partial charge in [0.15, 0.2) is 11.2 Å². The number of hydrogen-bond acceptors (Lipinski definition) is 4. The summed E-state index contributed by atoms with van der Waals surface area (Å²) in [6.07, 6.45) is 0. The van der Waals surface area contributed by atoms with Gasteiger partial charge in [-0.25, -0.2) is 4.52 Å². The summed E-state index contributed by atoms with van der Waals surface area (Å²) in [6.45, 7) is 0.292. The minimum absolute atomic E-state index is 0.0130. The molecule has 0 aliphatic carbocycles. The Balaban J connectivity index is 1.69. The Morgan fingerprint density at radius 2 is 1.92 bits per heavy atom. The molecule has 2 aromatic carbocycles. The van der Waals surface area contributed by atoms with Crippen molar-refractivity contribution in [2.75, 3.05) is 0 Å². The Hall–Kier alpha value is -3.19. The molecule has 124 valence electrons. The Morgan fingerprint density at radius 3 is 2.72 bits per heavy atom. The second-order valence-electron chi connectivity index (χ2n) is 5.48. The first-order chi connectivity index (χ1) is 12.1. The monoisotopic (exact) mass is 353 g/mol. The van der Waals surface area contributed by atoms with E-state index >= 15 is 0 Å². The summed E-state index contributed by atoms with van der Waals surface area (Å²) in [5.41, 5.74) is 1.86. The molecule has 2 aromatic heterocycles. The van der Waals surface area contributed by atoms with Crippen LogP contribution in [0.3, 0.4) is 0 Å². The summed E-state index contributed by atoms with van der Waals surface area (Å²) in [6, 6.07) is 14.3. The highest BCUT2D eigenvalue weighted by Crippen LogP contribution is 2.13. The Kier molecular flexibility index (Phi) is 3.70. The predicted molar refractivity (Wildman–Crippen MR) is 93.7 cm³/mol. The van der Waals surface area contributed by atoms with E-state index in [-0.39, 0.29) is 11.2 Å². The van der Waals surface area contributed by atoms with E-state index in [9.17, 15) is 9.59 Å². The summed E-state index contributed by atoms with van der Waals surface area (Å²) in [7, 11) is 0.